The van der Waals surface area contributed by atoms with Crippen molar-refractivity contribution < 1.29 is 5.11 Å². The molecule has 1 saturated carbocycles. The van der Waals surface area contributed by atoms with E-state index in [4.69, 9.17) is 5.73 Å². The molecular formula is C12H19N3O. The average Bonchev–Trinajstić information content (AvgIpc) is 2.28. The predicted octanol–water partition coefficient (Wildman–Crippen LogP) is 1.77. The third-order valence-electron chi connectivity index (χ3n) is 3.17. The lowest BCUT2D eigenvalue weighted by Gasteiger charge is -2.32. The van der Waals surface area contributed by atoms with Crippen LogP contribution in [-0.4, -0.2) is 22.2 Å². The number of nitrogens with zero attached hydrogens (tertiary/aromatic N) is 1. The number of nitrogens with two attached hydrogens (primary N) is 1. The summed E-state index contributed by atoms with van der Waals surface area (Å²) in [6, 6.07) is 3.53. The van der Waals surface area contributed by atoms with E-state index in [-0.39, 0.29) is 0 Å². The van der Waals surface area contributed by atoms with Crippen LogP contribution >= 0.6 is 0 Å². The zero-order chi connectivity index (χ0) is 11.4. The lowest BCUT2D eigenvalue weighted by atomic mass is 9.85. The summed E-state index contributed by atoms with van der Waals surface area (Å²) in [5, 5.41) is 13.4. The Balaban J connectivity index is 1.91. The number of anilines is 2. The first-order chi connectivity index (χ1) is 7.68. The molecule has 1 aliphatic carbocycles. The summed E-state index contributed by atoms with van der Waals surface area (Å²) in [5.74, 6) is 0.735. The van der Waals surface area contributed by atoms with Crippen molar-refractivity contribution in [1.29, 1.82) is 0 Å². The molecule has 0 saturated heterocycles. The molecule has 1 aliphatic rings. The van der Waals surface area contributed by atoms with Crippen molar-refractivity contribution in [3.05, 3.63) is 18.3 Å². The molecule has 88 valence electrons. The smallest absolute Gasteiger partial charge is 0.128 e. The fourth-order valence-corrected chi connectivity index (χ4v) is 2.19. The van der Waals surface area contributed by atoms with E-state index in [0.29, 0.717) is 12.2 Å². The summed E-state index contributed by atoms with van der Waals surface area (Å²) in [6.45, 7) is 0.559. The highest BCUT2D eigenvalue weighted by atomic mass is 16.3. The molecule has 0 aromatic carbocycles. The number of nitrogens with one attached hydrogen (secondary N) is 1. The van der Waals surface area contributed by atoms with E-state index < -0.39 is 5.60 Å². The van der Waals surface area contributed by atoms with Gasteiger partial charge in [-0.25, -0.2) is 4.98 Å². The van der Waals surface area contributed by atoms with Crippen LogP contribution in [0.4, 0.5) is 11.5 Å². The van der Waals surface area contributed by atoms with Crippen molar-refractivity contribution in [1.82, 2.24) is 4.98 Å². The zero-order valence-electron chi connectivity index (χ0n) is 9.45. The minimum absolute atomic E-state index is 0.559. The first kappa shape index (κ1) is 11.2. The van der Waals surface area contributed by atoms with Gasteiger partial charge in [-0.1, -0.05) is 19.3 Å². The van der Waals surface area contributed by atoms with E-state index in [2.05, 4.69) is 10.3 Å². The monoisotopic (exact) mass is 221 g/mol. The van der Waals surface area contributed by atoms with Crippen LogP contribution in [0.5, 0.6) is 0 Å². The van der Waals surface area contributed by atoms with Crippen molar-refractivity contribution in [3.8, 4) is 0 Å². The molecule has 0 spiro atoms. The van der Waals surface area contributed by atoms with E-state index in [9.17, 15) is 5.11 Å². The highest BCUT2D eigenvalue weighted by Crippen LogP contribution is 2.28. The quantitative estimate of drug-likeness (QED) is 0.727. The van der Waals surface area contributed by atoms with E-state index >= 15 is 0 Å². The molecule has 0 unspecified atom stereocenters. The van der Waals surface area contributed by atoms with E-state index in [1.165, 1.54) is 6.42 Å². The molecule has 1 fully saturated rings. The highest BCUT2D eigenvalue weighted by molar-refractivity contribution is 5.48. The lowest BCUT2D eigenvalue weighted by molar-refractivity contribution is 0.0166. The molecule has 16 heavy (non-hydrogen) atoms. The lowest BCUT2D eigenvalue weighted by Crippen LogP contribution is -2.38. The van der Waals surface area contributed by atoms with Gasteiger partial charge in [0.1, 0.15) is 5.82 Å². The van der Waals surface area contributed by atoms with Crippen molar-refractivity contribution in [2.45, 2.75) is 37.7 Å². The van der Waals surface area contributed by atoms with Gasteiger partial charge in [0, 0.05) is 24.5 Å². The molecule has 0 atom stereocenters. The second kappa shape index (κ2) is 4.70. The van der Waals surface area contributed by atoms with Crippen LogP contribution in [0.15, 0.2) is 18.3 Å². The van der Waals surface area contributed by atoms with Crippen LogP contribution in [0, 0.1) is 0 Å². The van der Waals surface area contributed by atoms with Crippen molar-refractivity contribution in [3.63, 3.8) is 0 Å². The van der Waals surface area contributed by atoms with Crippen molar-refractivity contribution in [2.24, 2.45) is 0 Å². The topological polar surface area (TPSA) is 71.2 Å². The molecule has 1 aromatic heterocycles. The third kappa shape index (κ3) is 2.85. The third-order valence-corrected chi connectivity index (χ3v) is 3.17. The summed E-state index contributed by atoms with van der Waals surface area (Å²) in [5.41, 5.74) is 5.78. The molecule has 4 nitrogen and oxygen atoms in total. The van der Waals surface area contributed by atoms with E-state index in [1.807, 2.05) is 0 Å². The molecule has 2 rings (SSSR count). The Morgan fingerprint density at radius 1 is 1.38 bits per heavy atom. The molecular weight excluding hydrogens is 202 g/mol. The molecule has 4 heteroatoms. The van der Waals surface area contributed by atoms with Crippen molar-refractivity contribution >= 4 is 11.5 Å². The maximum Gasteiger partial charge on any atom is 0.128 e. The normalized spacial score (nSPS) is 19.3. The van der Waals surface area contributed by atoms with Crippen LogP contribution in [0.3, 0.4) is 0 Å². The van der Waals surface area contributed by atoms with Gasteiger partial charge in [-0.3, -0.25) is 0 Å². The number of aliphatic hydroxyl groups is 1. The van der Waals surface area contributed by atoms with Gasteiger partial charge in [0.05, 0.1) is 5.60 Å². The number of hydrogen-bond acceptors (Lipinski definition) is 4. The minimum Gasteiger partial charge on any atom is -0.399 e. The summed E-state index contributed by atoms with van der Waals surface area (Å²) in [6.07, 6.45) is 6.89. The largest absolute Gasteiger partial charge is 0.399 e. The predicted molar refractivity (Wildman–Crippen MR) is 65.2 cm³/mol. The van der Waals surface area contributed by atoms with Gasteiger partial charge in [0.25, 0.3) is 0 Å². The summed E-state index contributed by atoms with van der Waals surface area (Å²) >= 11 is 0. The van der Waals surface area contributed by atoms with Crippen LogP contribution in [0.1, 0.15) is 32.1 Å². The van der Waals surface area contributed by atoms with Gasteiger partial charge < -0.3 is 16.2 Å². The second-order valence-corrected chi connectivity index (χ2v) is 4.61. The van der Waals surface area contributed by atoms with Gasteiger partial charge >= 0.3 is 0 Å². The fourth-order valence-electron chi connectivity index (χ4n) is 2.19. The molecule has 0 bridgehead atoms. The molecule has 0 aliphatic heterocycles. The Morgan fingerprint density at radius 3 is 2.81 bits per heavy atom. The van der Waals surface area contributed by atoms with Crippen LogP contribution in [0.2, 0.25) is 0 Å². The molecule has 0 radical (unpaired) electrons. The number of rotatable bonds is 3. The molecule has 4 N–H and O–H groups in total. The van der Waals surface area contributed by atoms with Crippen LogP contribution in [-0.2, 0) is 0 Å². The Hall–Kier alpha value is -1.29. The van der Waals surface area contributed by atoms with Crippen LogP contribution < -0.4 is 11.1 Å². The zero-order valence-corrected chi connectivity index (χ0v) is 9.45. The summed E-state index contributed by atoms with van der Waals surface area (Å²) < 4.78 is 0. The molecule has 0 amide bonds. The number of nitrogen functional groups attached to an aromatic ring is 1. The minimum atomic E-state index is -0.565. The SMILES string of the molecule is Nc1ccnc(NCC2(O)CCCCC2)c1. The van der Waals surface area contributed by atoms with Crippen LogP contribution in [0.25, 0.3) is 0 Å². The van der Waals surface area contributed by atoms with Gasteiger partial charge in [0.15, 0.2) is 0 Å². The van der Waals surface area contributed by atoms with Gasteiger partial charge in [-0.15, -0.1) is 0 Å². The number of hydrogen-bond donors (Lipinski definition) is 3. The molecule has 1 heterocycles. The van der Waals surface area contributed by atoms with Gasteiger partial charge in [-0.05, 0) is 18.9 Å². The van der Waals surface area contributed by atoms with Gasteiger partial charge in [-0.2, -0.15) is 0 Å². The van der Waals surface area contributed by atoms with Crippen molar-refractivity contribution in [2.75, 3.05) is 17.6 Å². The first-order valence-electron chi connectivity index (χ1n) is 5.86. The average molecular weight is 221 g/mol. The van der Waals surface area contributed by atoms with E-state index in [1.54, 1.807) is 18.3 Å². The summed E-state index contributed by atoms with van der Waals surface area (Å²) in [4.78, 5) is 4.15. The highest BCUT2D eigenvalue weighted by Gasteiger charge is 2.28. The second-order valence-electron chi connectivity index (χ2n) is 4.61. The maximum atomic E-state index is 10.3. The van der Waals surface area contributed by atoms with E-state index in [0.717, 1.165) is 31.5 Å². The molecule has 1 aromatic rings. The summed E-state index contributed by atoms with van der Waals surface area (Å²) in [7, 11) is 0. The Bertz CT molecular complexity index is 348. The number of aromatic nitrogens is 1. The Kier molecular flexibility index (Phi) is 3.29. The standard InChI is InChI=1S/C12H19N3O/c13-10-4-7-14-11(8-10)15-9-12(16)5-2-1-3-6-12/h4,7-8,16H,1-3,5-6,9H2,(H3,13,14,15). The van der Waals surface area contributed by atoms with Gasteiger partial charge in [0.2, 0.25) is 0 Å². The maximum absolute atomic E-state index is 10.3. The first-order valence-corrected chi connectivity index (χ1v) is 5.86. The Labute approximate surface area is 95.9 Å². The Morgan fingerprint density at radius 2 is 2.12 bits per heavy atom. The fraction of sp³-hybridized carbons (Fsp3) is 0.583. The number of pyridine rings is 1.